The first-order valence-corrected chi connectivity index (χ1v) is 14.2. The lowest BCUT2D eigenvalue weighted by atomic mass is 9.87. The van der Waals surface area contributed by atoms with Crippen LogP contribution >= 0.6 is 0 Å². The molecule has 5 aliphatic rings. The minimum absolute atomic E-state index is 0.101. The van der Waals surface area contributed by atoms with Crippen LogP contribution in [0.1, 0.15) is 38.2 Å². The van der Waals surface area contributed by atoms with Gasteiger partial charge in [0.2, 0.25) is 0 Å². The van der Waals surface area contributed by atoms with Crippen LogP contribution in [0.4, 0.5) is 11.4 Å². The van der Waals surface area contributed by atoms with Crippen LogP contribution in [0.2, 0.25) is 0 Å². The van der Waals surface area contributed by atoms with Gasteiger partial charge in [0, 0.05) is 32.1 Å². The number of nitrogens with zero attached hydrogens (tertiary/aromatic N) is 4. The molecular formula is C24H40N6O3S+2. The highest BCUT2D eigenvalue weighted by atomic mass is 32.2. The summed E-state index contributed by atoms with van der Waals surface area (Å²) < 4.78 is 31.7. The number of nitrogens with one attached hydrogen (secondary N) is 1. The number of anilines is 2. The normalized spacial score (nSPS) is 31.1. The third kappa shape index (κ3) is 3.88. The maximum atomic E-state index is 13.2. The number of fused-ring (bicyclic) bond motifs is 3. The van der Waals surface area contributed by atoms with Crippen LogP contribution in [-0.2, 0) is 15.0 Å². The molecular weight excluding hydrogens is 452 g/mol. The van der Waals surface area contributed by atoms with Crippen molar-refractivity contribution < 1.29 is 22.2 Å². The summed E-state index contributed by atoms with van der Waals surface area (Å²) in [7, 11) is -3.48. The molecule has 2 bridgehead atoms. The van der Waals surface area contributed by atoms with Crippen molar-refractivity contribution in [2.75, 3.05) is 80.6 Å². The summed E-state index contributed by atoms with van der Waals surface area (Å²) in [5.74, 6) is 0.522. The summed E-state index contributed by atoms with van der Waals surface area (Å²) in [5.41, 5.74) is 8.48. The van der Waals surface area contributed by atoms with Gasteiger partial charge >= 0.3 is 10.2 Å². The molecule has 0 aliphatic carbocycles. The molecule has 34 heavy (non-hydrogen) atoms. The number of nitrogens with two attached hydrogens (primary N) is 1. The molecule has 1 unspecified atom stereocenters. The number of benzene rings is 1. The van der Waals surface area contributed by atoms with Gasteiger partial charge in [0.25, 0.3) is 5.91 Å². The van der Waals surface area contributed by atoms with Crippen LogP contribution in [0.25, 0.3) is 0 Å². The highest BCUT2D eigenvalue weighted by Crippen LogP contribution is 2.50. The molecule has 6 rings (SSSR count). The van der Waals surface area contributed by atoms with Gasteiger partial charge in [0.15, 0.2) is 6.54 Å². The Kier molecular flexibility index (Phi) is 6.07. The monoisotopic (exact) mass is 492 g/mol. The molecule has 5 heterocycles. The number of hydrogen-bond donors (Lipinski definition) is 2. The average molecular weight is 493 g/mol. The van der Waals surface area contributed by atoms with Crippen molar-refractivity contribution in [3.63, 3.8) is 0 Å². The van der Waals surface area contributed by atoms with Gasteiger partial charge in [-0.25, -0.2) is 4.31 Å². The summed E-state index contributed by atoms with van der Waals surface area (Å²) in [6.45, 7) is 13.8. The lowest BCUT2D eigenvalue weighted by Gasteiger charge is -2.55. The van der Waals surface area contributed by atoms with Gasteiger partial charge in [-0.15, -0.1) is 0 Å². The Morgan fingerprint density at radius 3 is 2.47 bits per heavy atom. The zero-order valence-electron chi connectivity index (χ0n) is 20.6. The molecule has 3 fully saturated rings. The van der Waals surface area contributed by atoms with E-state index in [2.05, 4.69) is 11.4 Å². The van der Waals surface area contributed by atoms with Crippen LogP contribution in [0.5, 0.6) is 0 Å². The maximum Gasteiger partial charge on any atom is 0.326 e. The van der Waals surface area contributed by atoms with E-state index in [4.69, 9.17) is 5.73 Å². The first-order valence-electron chi connectivity index (χ1n) is 12.8. The molecule has 0 saturated carbocycles. The molecule has 5 aliphatic heterocycles. The lowest BCUT2D eigenvalue weighted by molar-refractivity contribution is -1.08. The molecule has 1 aromatic carbocycles. The zero-order valence-corrected chi connectivity index (χ0v) is 21.4. The number of rotatable bonds is 8. The van der Waals surface area contributed by atoms with Gasteiger partial charge in [-0.2, -0.15) is 8.42 Å². The standard InChI is InChI=1S/C24H39N6O3S/c1-19(2)28-22-5-3-4-21-20(6-10-27(24(21)22)34(28,32)33)7-11-29-12-15-30(16-13-29,17-14-29)18-23(31)26-9-8-25/h3-5,19-20H,6-18,25H2,1-2H3/q+1/p+1. The van der Waals surface area contributed by atoms with E-state index in [0.29, 0.717) is 32.1 Å². The fourth-order valence-corrected chi connectivity index (χ4v) is 8.60. The number of para-hydroxylation sites is 1. The fourth-order valence-electron chi connectivity index (χ4n) is 6.69. The molecule has 10 heteroatoms. The molecule has 0 spiro atoms. The van der Waals surface area contributed by atoms with Gasteiger partial charge in [0.1, 0.15) is 39.3 Å². The highest BCUT2D eigenvalue weighted by molar-refractivity contribution is 7.94. The van der Waals surface area contributed by atoms with Crippen molar-refractivity contribution in [2.45, 2.75) is 38.6 Å². The smallest absolute Gasteiger partial charge is 0.326 e. The third-order valence-corrected chi connectivity index (χ3v) is 10.7. The number of quaternary nitrogens is 2. The second-order valence-electron chi connectivity index (χ2n) is 11.0. The summed E-state index contributed by atoms with van der Waals surface area (Å²) in [6, 6.07) is 6.02. The van der Waals surface area contributed by atoms with Crippen LogP contribution in [0, 0.1) is 0 Å². The van der Waals surface area contributed by atoms with E-state index in [1.54, 1.807) is 8.61 Å². The minimum atomic E-state index is -3.48. The van der Waals surface area contributed by atoms with Crippen molar-refractivity contribution in [1.29, 1.82) is 0 Å². The van der Waals surface area contributed by atoms with E-state index in [1.165, 1.54) is 5.56 Å². The highest BCUT2D eigenvalue weighted by Gasteiger charge is 2.50. The Balaban J connectivity index is 1.26. The fraction of sp³-hybridized carbons (Fsp3) is 0.708. The second kappa shape index (κ2) is 8.65. The Hall–Kier alpha value is -1.88. The Morgan fingerprint density at radius 1 is 1.15 bits per heavy atom. The van der Waals surface area contributed by atoms with Crippen molar-refractivity contribution in [1.82, 2.24) is 5.32 Å². The molecule has 1 aromatic rings. The molecule has 1 amide bonds. The van der Waals surface area contributed by atoms with E-state index in [9.17, 15) is 13.2 Å². The van der Waals surface area contributed by atoms with Gasteiger partial charge in [0.05, 0.1) is 17.9 Å². The van der Waals surface area contributed by atoms with Crippen molar-refractivity contribution >= 4 is 27.5 Å². The van der Waals surface area contributed by atoms with Crippen molar-refractivity contribution in [3.05, 3.63) is 23.8 Å². The van der Waals surface area contributed by atoms with E-state index in [1.807, 2.05) is 26.0 Å². The molecule has 188 valence electrons. The topological polar surface area (TPSA) is 95.7 Å². The van der Waals surface area contributed by atoms with Crippen molar-refractivity contribution in [3.8, 4) is 0 Å². The predicted octanol–water partition coefficient (Wildman–Crippen LogP) is 0.579. The predicted molar refractivity (Wildman–Crippen MR) is 134 cm³/mol. The molecule has 1 atom stereocenters. The molecule has 9 nitrogen and oxygen atoms in total. The molecule has 0 radical (unpaired) electrons. The Morgan fingerprint density at radius 2 is 1.82 bits per heavy atom. The summed E-state index contributed by atoms with van der Waals surface area (Å²) >= 11 is 0. The number of amides is 1. The number of hydrogen-bond acceptors (Lipinski definition) is 4. The lowest BCUT2D eigenvalue weighted by Crippen LogP contribution is -2.76. The van der Waals surface area contributed by atoms with Gasteiger partial charge in [-0.1, -0.05) is 12.1 Å². The summed E-state index contributed by atoms with van der Waals surface area (Å²) in [4.78, 5) is 12.3. The SMILES string of the molecule is CC(C)N1c2cccc3c2N(CCC3CC[N+]23CC[N+](CC(=O)NCCN)(CC2)CC3)S1(=O)=O. The summed E-state index contributed by atoms with van der Waals surface area (Å²) in [6.07, 6.45) is 1.96. The Bertz CT molecular complexity index is 1030. The first kappa shape index (κ1) is 23.8. The number of carbonyl (C=O) groups excluding carboxylic acids is 1. The van der Waals surface area contributed by atoms with Gasteiger partial charge in [-0.05, 0) is 37.8 Å². The number of piperazine rings is 3. The number of carbonyl (C=O) groups is 1. The zero-order chi connectivity index (χ0) is 24.1. The molecule has 3 N–H and O–H groups in total. The second-order valence-corrected chi connectivity index (χ2v) is 12.7. The minimum Gasteiger partial charge on any atom is -0.350 e. The maximum absolute atomic E-state index is 13.2. The Labute approximate surface area is 203 Å². The van der Waals surface area contributed by atoms with Crippen LogP contribution in [0.3, 0.4) is 0 Å². The van der Waals surface area contributed by atoms with Gasteiger partial charge in [-0.3, -0.25) is 9.10 Å². The van der Waals surface area contributed by atoms with Gasteiger partial charge < -0.3 is 20.0 Å². The quantitative estimate of drug-likeness (QED) is 0.519. The van der Waals surface area contributed by atoms with E-state index >= 15 is 0 Å². The third-order valence-electron chi connectivity index (χ3n) is 8.69. The molecule has 3 saturated heterocycles. The summed E-state index contributed by atoms with van der Waals surface area (Å²) in [5, 5.41) is 2.94. The van der Waals surface area contributed by atoms with Crippen molar-refractivity contribution in [2.24, 2.45) is 5.73 Å². The van der Waals surface area contributed by atoms with E-state index in [0.717, 1.165) is 79.0 Å². The van der Waals surface area contributed by atoms with Crippen LogP contribution in [-0.4, -0.2) is 101 Å². The first-order chi connectivity index (χ1) is 16.2. The van der Waals surface area contributed by atoms with Crippen LogP contribution < -0.4 is 19.7 Å². The van der Waals surface area contributed by atoms with E-state index < -0.39 is 10.2 Å². The average Bonchev–Trinajstić information content (AvgIpc) is 3.06. The van der Waals surface area contributed by atoms with Crippen LogP contribution in [0.15, 0.2) is 18.2 Å². The largest absolute Gasteiger partial charge is 0.350 e. The van der Waals surface area contributed by atoms with E-state index in [-0.39, 0.29) is 11.9 Å². The molecule has 0 aromatic heterocycles.